The van der Waals surface area contributed by atoms with Gasteiger partial charge in [0, 0.05) is 30.3 Å². The summed E-state index contributed by atoms with van der Waals surface area (Å²) >= 11 is 0. The molecule has 0 radical (unpaired) electrons. The molecule has 0 saturated heterocycles. The molecule has 0 atom stereocenters. The van der Waals surface area contributed by atoms with Crippen molar-refractivity contribution in [3.05, 3.63) is 69.4 Å². The van der Waals surface area contributed by atoms with Gasteiger partial charge in [-0.1, -0.05) is 24.3 Å². The largest absolute Gasteiger partial charge is 0.497 e. The van der Waals surface area contributed by atoms with Gasteiger partial charge in [-0.15, -0.1) is 0 Å². The lowest BCUT2D eigenvalue weighted by atomic mass is 10.0. The second-order valence-corrected chi connectivity index (χ2v) is 6.22. The number of ether oxygens (including phenoxy) is 3. The van der Waals surface area contributed by atoms with Crippen molar-refractivity contribution < 1.29 is 28.7 Å². The number of carbonyl (C=O) groups excluding carboxylic acids is 2. The van der Waals surface area contributed by atoms with E-state index in [4.69, 9.17) is 9.47 Å². The lowest BCUT2D eigenvalue weighted by Gasteiger charge is -2.11. The summed E-state index contributed by atoms with van der Waals surface area (Å²) in [5.41, 5.74) is 2.56. The van der Waals surface area contributed by atoms with E-state index < -0.39 is 16.8 Å². The number of hydrogen-bond acceptors (Lipinski definition) is 7. The van der Waals surface area contributed by atoms with Crippen molar-refractivity contribution in [1.29, 1.82) is 0 Å². The van der Waals surface area contributed by atoms with Crippen LogP contribution in [0.1, 0.15) is 23.6 Å². The highest BCUT2D eigenvalue weighted by atomic mass is 16.6. The Hall–Kier alpha value is -4.14. The monoisotopic (exact) mass is 426 g/mol. The van der Waals surface area contributed by atoms with Crippen molar-refractivity contribution in [2.45, 2.75) is 6.92 Å². The van der Waals surface area contributed by atoms with E-state index in [-0.39, 0.29) is 6.61 Å². The molecule has 162 valence electrons. The molecule has 0 spiro atoms. The van der Waals surface area contributed by atoms with Gasteiger partial charge < -0.3 is 19.5 Å². The highest BCUT2D eigenvalue weighted by Gasteiger charge is 2.10. The number of hydrogen-bond donors (Lipinski definition) is 1. The predicted molar refractivity (Wildman–Crippen MR) is 116 cm³/mol. The van der Waals surface area contributed by atoms with Gasteiger partial charge in [0.2, 0.25) is 6.20 Å². The van der Waals surface area contributed by atoms with E-state index in [1.54, 1.807) is 42.5 Å². The molecule has 31 heavy (non-hydrogen) atoms. The second kappa shape index (κ2) is 11.1. The zero-order chi connectivity index (χ0) is 22.8. The second-order valence-electron chi connectivity index (χ2n) is 6.22. The van der Waals surface area contributed by atoms with Crippen molar-refractivity contribution in [2.75, 3.05) is 26.1 Å². The van der Waals surface area contributed by atoms with Crippen LogP contribution in [0.2, 0.25) is 0 Å². The first-order valence-corrected chi connectivity index (χ1v) is 9.11. The first-order valence-electron chi connectivity index (χ1n) is 9.11. The number of benzene rings is 2. The highest BCUT2D eigenvalue weighted by Crippen LogP contribution is 2.31. The summed E-state index contributed by atoms with van der Waals surface area (Å²) in [5.74, 6) is 0.00459. The number of amides is 1. The maximum atomic E-state index is 11.7. The minimum atomic E-state index is -0.550. The van der Waals surface area contributed by atoms with E-state index in [2.05, 4.69) is 10.1 Å². The van der Waals surface area contributed by atoms with E-state index >= 15 is 0 Å². The third-order valence-electron chi connectivity index (χ3n) is 4.02. The van der Waals surface area contributed by atoms with Crippen LogP contribution in [0.4, 0.5) is 5.69 Å². The average Bonchev–Trinajstić information content (AvgIpc) is 2.75. The molecule has 0 aromatic heterocycles. The molecule has 0 bridgehead atoms. The van der Waals surface area contributed by atoms with Crippen molar-refractivity contribution in [2.24, 2.45) is 0 Å². The Labute approximate surface area is 179 Å². The van der Waals surface area contributed by atoms with E-state index in [0.717, 1.165) is 11.8 Å². The van der Waals surface area contributed by atoms with E-state index in [0.29, 0.717) is 28.3 Å². The Morgan fingerprint density at radius 2 is 1.77 bits per heavy atom. The molecule has 2 aromatic carbocycles. The molecule has 9 nitrogen and oxygen atoms in total. The highest BCUT2D eigenvalue weighted by molar-refractivity contribution is 5.92. The van der Waals surface area contributed by atoms with Crippen molar-refractivity contribution in [3.63, 3.8) is 0 Å². The third kappa shape index (κ3) is 7.32. The summed E-state index contributed by atoms with van der Waals surface area (Å²) in [6.45, 7) is 0.875. The van der Waals surface area contributed by atoms with Crippen LogP contribution in [0, 0.1) is 10.1 Å². The molecule has 0 aliphatic heterocycles. The Morgan fingerprint density at radius 1 is 1.06 bits per heavy atom. The summed E-state index contributed by atoms with van der Waals surface area (Å²) in [4.78, 5) is 32.6. The maximum Gasteiger partial charge on any atom is 0.303 e. The quantitative estimate of drug-likeness (QED) is 0.282. The van der Waals surface area contributed by atoms with Crippen molar-refractivity contribution in [1.82, 2.24) is 0 Å². The summed E-state index contributed by atoms with van der Waals surface area (Å²) in [6, 6.07) is 10.3. The normalized spacial score (nSPS) is 10.8. The van der Waals surface area contributed by atoms with Crippen LogP contribution in [-0.2, 0) is 14.3 Å². The third-order valence-corrected chi connectivity index (χ3v) is 4.02. The Bertz CT molecular complexity index is 1010. The van der Waals surface area contributed by atoms with E-state index in [1.807, 2.05) is 6.08 Å². The minimum absolute atomic E-state index is 0.352. The summed E-state index contributed by atoms with van der Waals surface area (Å²) in [5, 5.41) is 13.4. The fourth-order valence-corrected chi connectivity index (χ4v) is 2.59. The predicted octanol–water partition coefficient (Wildman–Crippen LogP) is 3.62. The van der Waals surface area contributed by atoms with Gasteiger partial charge >= 0.3 is 5.97 Å². The van der Waals surface area contributed by atoms with E-state index in [1.165, 1.54) is 27.2 Å². The fourth-order valence-electron chi connectivity index (χ4n) is 2.59. The fraction of sp³-hybridized carbons (Fsp3) is 0.182. The number of methoxy groups -OCH3 is 2. The Morgan fingerprint density at radius 3 is 2.35 bits per heavy atom. The molecule has 2 rings (SSSR count). The maximum absolute atomic E-state index is 11.7. The standard InChI is InChI=1S/C22H22N2O7/c1-15(25)31-14-22(26)23-18-8-5-16(6-9-18)4-7-17-12-19(29-2)13-21(30-3)20(17)10-11-24(27)28/h4-13H,14H2,1-3H3,(H,23,26)/b7-4+,11-10+. The topological polar surface area (TPSA) is 117 Å². The lowest BCUT2D eigenvalue weighted by molar-refractivity contribution is -0.400. The Balaban J connectivity index is 2.23. The van der Waals surface area contributed by atoms with Crippen LogP contribution < -0.4 is 14.8 Å². The van der Waals surface area contributed by atoms with Crippen LogP contribution in [0.3, 0.4) is 0 Å². The van der Waals surface area contributed by atoms with Gasteiger partial charge in [-0.05, 0) is 29.3 Å². The molecule has 0 fully saturated rings. The first-order chi connectivity index (χ1) is 14.8. The summed E-state index contributed by atoms with van der Waals surface area (Å²) in [7, 11) is 2.99. The lowest BCUT2D eigenvalue weighted by Crippen LogP contribution is -2.19. The van der Waals surface area contributed by atoms with Gasteiger partial charge in [-0.3, -0.25) is 19.7 Å². The number of anilines is 1. The van der Waals surface area contributed by atoms with Crippen molar-refractivity contribution >= 4 is 35.8 Å². The smallest absolute Gasteiger partial charge is 0.303 e. The van der Waals surface area contributed by atoms with Crippen LogP contribution in [0.25, 0.3) is 18.2 Å². The molecular weight excluding hydrogens is 404 g/mol. The van der Waals surface area contributed by atoms with Gasteiger partial charge in [0.05, 0.1) is 19.1 Å². The zero-order valence-electron chi connectivity index (χ0n) is 17.3. The number of rotatable bonds is 9. The van der Waals surface area contributed by atoms with E-state index in [9.17, 15) is 19.7 Å². The average molecular weight is 426 g/mol. The molecule has 9 heteroatoms. The van der Waals surface area contributed by atoms with Gasteiger partial charge in [-0.25, -0.2) is 0 Å². The molecule has 1 N–H and O–H groups in total. The molecular formula is C22H22N2O7. The summed E-state index contributed by atoms with van der Waals surface area (Å²) in [6.07, 6.45) is 5.79. The number of nitrogens with zero attached hydrogens (tertiary/aromatic N) is 1. The van der Waals surface area contributed by atoms with Crippen LogP contribution >= 0.6 is 0 Å². The summed E-state index contributed by atoms with van der Waals surface area (Å²) < 4.78 is 15.3. The van der Waals surface area contributed by atoms with Gasteiger partial charge in [0.1, 0.15) is 11.5 Å². The SMILES string of the molecule is COc1cc(/C=C/c2ccc(NC(=O)COC(C)=O)cc2)c(/C=C/[N+](=O)[O-])c(OC)c1. The van der Waals surface area contributed by atoms with Crippen molar-refractivity contribution in [3.8, 4) is 11.5 Å². The molecule has 1 amide bonds. The number of nitrogens with one attached hydrogen (secondary N) is 1. The molecule has 0 aliphatic carbocycles. The molecule has 2 aromatic rings. The van der Waals surface area contributed by atoms with Crippen LogP contribution in [0.5, 0.6) is 11.5 Å². The van der Waals surface area contributed by atoms with Gasteiger partial charge in [0.25, 0.3) is 5.91 Å². The molecule has 0 heterocycles. The number of carbonyl (C=O) groups is 2. The number of nitro groups is 1. The Kier molecular flexibility index (Phi) is 8.32. The minimum Gasteiger partial charge on any atom is -0.497 e. The van der Waals surface area contributed by atoms with Gasteiger partial charge in [-0.2, -0.15) is 0 Å². The molecule has 0 aliphatic rings. The molecule has 0 unspecified atom stereocenters. The first kappa shape index (κ1) is 23.1. The van der Waals surface area contributed by atoms with Crippen LogP contribution in [0.15, 0.2) is 42.6 Å². The van der Waals surface area contributed by atoms with Gasteiger partial charge in [0.15, 0.2) is 6.61 Å². The zero-order valence-corrected chi connectivity index (χ0v) is 17.3. The van der Waals surface area contributed by atoms with Crippen LogP contribution in [-0.4, -0.2) is 37.6 Å². The molecule has 0 saturated carbocycles. The number of esters is 1.